The maximum absolute atomic E-state index is 9.89. The highest BCUT2D eigenvalue weighted by molar-refractivity contribution is 5.54. The second-order valence-corrected chi connectivity index (χ2v) is 4.73. The van der Waals surface area contributed by atoms with E-state index in [4.69, 9.17) is 0 Å². The molecule has 2 aromatic carbocycles. The summed E-state index contributed by atoms with van der Waals surface area (Å²) in [5, 5.41) is 9.89. The largest absolute Gasteiger partial charge is 0.389 e. The highest BCUT2D eigenvalue weighted by Crippen LogP contribution is 2.27. The maximum Gasteiger partial charge on any atom is 0.0781 e. The Hall–Kier alpha value is -1.80. The summed E-state index contributed by atoms with van der Waals surface area (Å²) >= 11 is 0. The fourth-order valence-electron chi connectivity index (χ4n) is 2.30. The molecule has 2 heteroatoms. The molecule has 0 spiro atoms. The van der Waals surface area contributed by atoms with E-state index in [9.17, 15) is 5.11 Å². The third-order valence-corrected chi connectivity index (χ3v) is 3.33. The quantitative estimate of drug-likeness (QED) is 0.879. The summed E-state index contributed by atoms with van der Waals surface area (Å²) < 4.78 is 0. The molecule has 1 N–H and O–H groups in total. The molecule has 19 heavy (non-hydrogen) atoms. The van der Waals surface area contributed by atoms with E-state index in [0.717, 1.165) is 24.3 Å². The fourth-order valence-corrected chi connectivity index (χ4v) is 2.30. The molecule has 0 saturated heterocycles. The van der Waals surface area contributed by atoms with Crippen molar-refractivity contribution >= 4 is 5.69 Å². The summed E-state index contributed by atoms with van der Waals surface area (Å²) in [4.78, 5) is 2.29. The number of rotatable bonds is 5. The third-order valence-electron chi connectivity index (χ3n) is 3.33. The maximum atomic E-state index is 9.89. The van der Waals surface area contributed by atoms with Crippen molar-refractivity contribution in [1.29, 1.82) is 0 Å². The summed E-state index contributed by atoms with van der Waals surface area (Å²) in [6.45, 7) is 5.73. The molecule has 100 valence electrons. The van der Waals surface area contributed by atoms with Gasteiger partial charge in [-0.2, -0.15) is 0 Å². The Labute approximate surface area is 115 Å². The first kappa shape index (κ1) is 13.6. The van der Waals surface area contributed by atoms with Gasteiger partial charge in [-0.25, -0.2) is 0 Å². The molecule has 2 aromatic rings. The van der Waals surface area contributed by atoms with Gasteiger partial charge in [0.15, 0.2) is 0 Å². The predicted molar refractivity (Wildman–Crippen MR) is 80.2 cm³/mol. The number of para-hydroxylation sites is 1. The van der Waals surface area contributed by atoms with Crippen LogP contribution >= 0.6 is 0 Å². The average Bonchev–Trinajstić information content (AvgIpc) is 2.46. The SMILES string of the molecule is CCN(Cc1ccccc1)c1ccccc1C(C)O. The smallest absolute Gasteiger partial charge is 0.0781 e. The van der Waals surface area contributed by atoms with Gasteiger partial charge in [0.2, 0.25) is 0 Å². The first-order valence-electron chi connectivity index (χ1n) is 6.78. The first-order chi connectivity index (χ1) is 9.22. The van der Waals surface area contributed by atoms with Gasteiger partial charge in [0.25, 0.3) is 0 Å². The summed E-state index contributed by atoms with van der Waals surface area (Å²) in [5.74, 6) is 0. The Bertz CT molecular complexity index is 508. The van der Waals surface area contributed by atoms with Gasteiger partial charge in [-0.05, 0) is 25.5 Å². The van der Waals surface area contributed by atoms with E-state index < -0.39 is 6.10 Å². The highest BCUT2D eigenvalue weighted by Gasteiger charge is 2.12. The van der Waals surface area contributed by atoms with Crippen LogP contribution in [0.15, 0.2) is 54.6 Å². The van der Waals surface area contributed by atoms with Crippen LogP contribution in [0.25, 0.3) is 0 Å². The minimum Gasteiger partial charge on any atom is -0.389 e. The molecule has 0 aliphatic rings. The van der Waals surface area contributed by atoms with Crippen LogP contribution in [0.1, 0.15) is 31.1 Å². The number of aliphatic hydroxyl groups excluding tert-OH is 1. The van der Waals surface area contributed by atoms with E-state index in [1.165, 1.54) is 5.56 Å². The molecule has 0 saturated carbocycles. The highest BCUT2D eigenvalue weighted by atomic mass is 16.3. The minimum atomic E-state index is -0.443. The second-order valence-electron chi connectivity index (χ2n) is 4.73. The predicted octanol–water partition coefficient (Wildman–Crippen LogP) is 3.77. The molecule has 0 bridgehead atoms. The Morgan fingerprint density at radius 2 is 1.63 bits per heavy atom. The molecule has 0 aromatic heterocycles. The number of hydrogen-bond acceptors (Lipinski definition) is 2. The van der Waals surface area contributed by atoms with E-state index in [2.05, 4.69) is 42.2 Å². The lowest BCUT2D eigenvalue weighted by Crippen LogP contribution is -2.23. The van der Waals surface area contributed by atoms with E-state index in [-0.39, 0.29) is 0 Å². The van der Waals surface area contributed by atoms with Crippen LogP contribution in [0.2, 0.25) is 0 Å². The zero-order chi connectivity index (χ0) is 13.7. The Morgan fingerprint density at radius 1 is 1.00 bits per heavy atom. The molecular formula is C17H21NO. The van der Waals surface area contributed by atoms with Crippen molar-refractivity contribution in [2.75, 3.05) is 11.4 Å². The standard InChI is InChI=1S/C17H21NO/c1-3-18(13-15-9-5-4-6-10-15)17-12-8-7-11-16(17)14(2)19/h4-12,14,19H,3,13H2,1-2H3. The summed E-state index contributed by atoms with van der Waals surface area (Å²) in [5.41, 5.74) is 3.38. The molecule has 0 radical (unpaired) electrons. The molecule has 0 aliphatic heterocycles. The molecular weight excluding hydrogens is 234 g/mol. The Kier molecular flexibility index (Phi) is 4.58. The Balaban J connectivity index is 2.27. The summed E-state index contributed by atoms with van der Waals surface area (Å²) in [6.07, 6.45) is -0.443. The molecule has 2 rings (SSSR count). The van der Waals surface area contributed by atoms with Crippen molar-refractivity contribution < 1.29 is 5.11 Å². The van der Waals surface area contributed by atoms with Gasteiger partial charge in [-0.1, -0.05) is 48.5 Å². The van der Waals surface area contributed by atoms with Crippen LogP contribution in [0.3, 0.4) is 0 Å². The minimum absolute atomic E-state index is 0.443. The molecule has 1 atom stereocenters. The number of aliphatic hydroxyl groups is 1. The van der Waals surface area contributed by atoms with Crippen molar-refractivity contribution in [2.45, 2.75) is 26.5 Å². The zero-order valence-corrected chi connectivity index (χ0v) is 11.6. The lowest BCUT2D eigenvalue weighted by Gasteiger charge is -2.26. The molecule has 0 fully saturated rings. The van der Waals surface area contributed by atoms with Crippen molar-refractivity contribution in [3.05, 3.63) is 65.7 Å². The van der Waals surface area contributed by atoms with E-state index in [1.54, 1.807) is 0 Å². The van der Waals surface area contributed by atoms with Gasteiger partial charge in [0, 0.05) is 24.3 Å². The number of benzene rings is 2. The topological polar surface area (TPSA) is 23.5 Å². The molecule has 2 nitrogen and oxygen atoms in total. The number of hydrogen-bond donors (Lipinski definition) is 1. The normalized spacial score (nSPS) is 12.2. The van der Waals surface area contributed by atoms with Crippen LogP contribution in [-0.2, 0) is 6.54 Å². The lowest BCUT2D eigenvalue weighted by atomic mass is 10.1. The first-order valence-corrected chi connectivity index (χ1v) is 6.78. The fraction of sp³-hybridized carbons (Fsp3) is 0.294. The van der Waals surface area contributed by atoms with Crippen LogP contribution in [-0.4, -0.2) is 11.7 Å². The molecule has 0 heterocycles. The summed E-state index contributed by atoms with van der Waals surface area (Å²) in [7, 11) is 0. The van der Waals surface area contributed by atoms with Gasteiger partial charge in [0.1, 0.15) is 0 Å². The van der Waals surface area contributed by atoms with Gasteiger partial charge < -0.3 is 10.0 Å². The number of anilines is 1. The van der Waals surface area contributed by atoms with Crippen molar-refractivity contribution in [1.82, 2.24) is 0 Å². The van der Waals surface area contributed by atoms with Gasteiger partial charge in [0.05, 0.1) is 6.10 Å². The van der Waals surface area contributed by atoms with Crippen molar-refractivity contribution in [2.24, 2.45) is 0 Å². The number of nitrogens with zero attached hydrogens (tertiary/aromatic N) is 1. The zero-order valence-electron chi connectivity index (χ0n) is 11.6. The van der Waals surface area contributed by atoms with Crippen LogP contribution in [0.5, 0.6) is 0 Å². The van der Waals surface area contributed by atoms with E-state index in [0.29, 0.717) is 0 Å². The van der Waals surface area contributed by atoms with Crippen LogP contribution < -0.4 is 4.90 Å². The van der Waals surface area contributed by atoms with Crippen molar-refractivity contribution in [3.8, 4) is 0 Å². The van der Waals surface area contributed by atoms with Crippen LogP contribution in [0.4, 0.5) is 5.69 Å². The van der Waals surface area contributed by atoms with Crippen molar-refractivity contribution in [3.63, 3.8) is 0 Å². The Morgan fingerprint density at radius 3 is 2.26 bits per heavy atom. The van der Waals surface area contributed by atoms with Gasteiger partial charge in [-0.15, -0.1) is 0 Å². The van der Waals surface area contributed by atoms with E-state index >= 15 is 0 Å². The van der Waals surface area contributed by atoms with Gasteiger partial charge >= 0.3 is 0 Å². The van der Waals surface area contributed by atoms with Gasteiger partial charge in [-0.3, -0.25) is 0 Å². The average molecular weight is 255 g/mol. The lowest BCUT2D eigenvalue weighted by molar-refractivity contribution is 0.199. The molecule has 0 aliphatic carbocycles. The molecule has 1 unspecified atom stereocenters. The summed E-state index contributed by atoms with van der Waals surface area (Å²) in [6, 6.07) is 18.5. The molecule has 0 amide bonds. The van der Waals surface area contributed by atoms with Crippen LogP contribution in [0, 0.1) is 0 Å². The monoisotopic (exact) mass is 255 g/mol. The second kappa shape index (κ2) is 6.39. The third kappa shape index (κ3) is 3.36. The van der Waals surface area contributed by atoms with E-state index in [1.807, 2.05) is 31.2 Å².